The van der Waals surface area contributed by atoms with Crippen molar-refractivity contribution in [2.45, 2.75) is 34.1 Å². The molecule has 1 aromatic carbocycles. The SMILES string of the molecule is CCc1cccc(C)c1NC(=O)C(CNC)C(C)C. The highest BCUT2D eigenvalue weighted by Crippen LogP contribution is 2.23. The van der Waals surface area contributed by atoms with E-state index in [0.717, 1.165) is 17.7 Å². The van der Waals surface area contributed by atoms with Crippen LogP contribution in [-0.4, -0.2) is 19.5 Å². The van der Waals surface area contributed by atoms with Crippen LogP contribution in [0.25, 0.3) is 0 Å². The maximum absolute atomic E-state index is 12.4. The van der Waals surface area contributed by atoms with Gasteiger partial charge >= 0.3 is 0 Å². The number of rotatable bonds is 6. The Labute approximate surface area is 116 Å². The van der Waals surface area contributed by atoms with Crippen molar-refractivity contribution in [3.05, 3.63) is 29.3 Å². The van der Waals surface area contributed by atoms with Crippen LogP contribution in [0.3, 0.4) is 0 Å². The molecule has 0 radical (unpaired) electrons. The van der Waals surface area contributed by atoms with Crippen molar-refractivity contribution < 1.29 is 4.79 Å². The Morgan fingerprint density at radius 1 is 1.32 bits per heavy atom. The third-order valence-electron chi connectivity index (χ3n) is 3.55. The fourth-order valence-corrected chi connectivity index (χ4v) is 2.27. The van der Waals surface area contributed by atoms with Crippen LogP contribution in [0.1, 0.15) is 31.9 Å². The minimum Gasteiger partial charge on any atom is -0.325 e. The van der Waals surface area contributed by atoms with E-state index in [4.69, 9.17) is 0 Å². The number of amides is 1. The van der Waals surface area contributed by atoms with Gasteiger partial charge in [-0.15, -0.1) is 0 Å². The zero-order chi connectivity index (χ0) is 14.4. The van der Waals surface area contributed by atoms with E-state index in [9.17, 15) is 4.79 Å². The number of carbonyl (C=O) groups excluding carboxylic acids is 1. The van der Waals surface area contributed by atoms with Crippen molar-refractivity contribution in [1.29, 1.82) is 0 Å². The van der Waals surface area contributed by atoms with Gasteiger partial charge in [-0.1, -0.05) is 39.0 Å². The van der Waals surface area contributed by atoms with E-state index in [1.807, 2.05) is 26.1 Å². The summed E-state index contributed by atoms with van der Waals surface area (Å²) < 4.78 is 0. The number of aryl methyl sites for hydroxylation is 2. The lowest BCUT2D eigenvalue weighted by Crippen LogP contribution is -2.34. The Morgan fingerprint density at radius 3 is 2.53 bits per heavy atom. The molecule has 106 valence electrons. The van der Waals surface area contributed by atoms with Gasteiger partial charge in [0.2, 0.25) is 5.91 Å². The third-order valence-corrected chi connectivity index (χ3v) is 3.55. The second-order valence-electron chi connectivity index (χ2n) is 5.36. The van der Waals surface area contributed by atoms with Crippen molar-refractivity contribution in [2.24, 2.45) is 11.8 Å². The van der Waals surface area contributed by atoms with E-state index < -0.39 is 0 Å². The molecule has 1 rings (SSSR count). The van der Waals surface area contributed by atoms with Gasteiger partial charge in [0.25, 0.3) is 0 Å². The first-order valence-corrected chi connectivity index (χ1v) is 7.05. The Morgan fingerprint density at radius 2 is 2.00 bits per heavy atom. The number of hydrogen-bond acceptors (Lipinski definition) is 2. The number of carbonyl (C=O) groups is 1. The van der Waals surface area contributed by atoms with Gasteiger partial charge in [-0.3, -0.25) is 4.79 Å². The summed E-state index contributed by atoms with van der Waals surface area (Å²) in [6.45, 7) is 9.02. The van der Waals surface area contributed by atoms with Gasteiger partial charge in [0.05, 0.1) is 5.92 Å². The minimum atomic E-state index is -0.00527. The molecule has 1 aromatic rings. The standard InChI is InChI=1S/C16H26N2O/c1-6-13-9-7-8-12(4)15(13)18-16(19)14(10-17-5)11(2)3/h7-9,11,14,17H,6,10H2,1-5H3,(H,18,19). The van der Waals surface area contributed by atoms with Gasteiger partial charge in [0.1, 0.15) is 0 Å². The maximum atomic E-state index is 12.4. The predicted molar refractivity (Wildman–Crippen MR) is 81.4 cm³/mol. The molecule has 0 spiro atoms. The summed E-state index contributed by atoms with van der Waals surface area (Å²) in [4.78, 5) is 12.4. The molecule has 0 saturated carbocycles. The molecule has 3 heteroatoms. The van der Waals surface area contributed by atoms with Crippen molar-refractivity contribution >= 4 is 11.6 Å². The molecule has 19 heavy (non-hydrogen) atoms. The number of nitrogens with one attached hydrogen (secondary N) is 2. The summed E-state index contributed by atoms with van der Waals surface area (Å²) in [5, 5.41) is 6.22. The summed E-state index contributed by atoms with van der Waals surface area (Å²) in [6, 6.07) is 6.15. The molecule has 2 N–H and O–H groups in total. The van der Waals surface area contributed by atoms with Gasteiger partial charge < -0.3 is 10.6 Å². The lowest BCUT2D eigenvalue weighted by atomic mass is 9.94. The van der Waals surface area contributed by atoms with Gasteiger partial charge in [0.15, 0.2) is 0 Å². The molecule has 1 amide bonds. The van der Waals surface area contributed by atoms with Gasteiger partial charge in [-0.2, -0.15) is 0 Å². The van der Waals surface area contributed by atoms with Crippen LogP contribution in [0.5, 0.6) is 0 Å². The molecule has 1 unspecified atom stereocenters. The Bertz CT molecular complexity index is 427. The molecule has 0 saturated heterocycles. The molecule has 0 aromatic heterocycles. The molecular weight excluding hydrogens is 236 g/mol. The second kappa shape index (κ2) is 7.29. The summed E-state index contributed by atoms with van der Waals surface area (Å²) in [5.74, 6) is 0.421. The van der Waals surface area contributed by atoms with Crippen molar-refractivity contribution in [3.63, 3.8) is 0 Å². The van der Waals surface area contributed by atoms with Gasteiger partial charge in [-0.25, -0.2) is 0 Å². The fourth-order valence-electron chi connectivity index (χ4n) is 2.27. The van der Waals surface area contributed by atoms with Crippen LogP contribution in [0.4, 0.5) is 5.69 Å². The Kier molecular flexibility index (Phi) is 6.03. The average molecular weight is 262 g/mol. The number of anilines is 1. The van der Waals surface area contributed by atoms with E-state index in [0.29, 0.717) is 12.5 Å². The average Bonchev–Trinajstić information content (AvgIpc) is 2.37. The number of benzene rings is 1. The fraction of sp³-hybridized carbons (Fsp3) is 0.562. The zero-order valence-electron chi connectivity index (χ0n) is 12.7. The normalized spacial score (nSPS) is 12.5. The molecule has 0 bridgehead atoms. The lowest BCUT2D eigenvalue weighted by Gasteiger charge is -2.21. The van der Waals surface area contributed by atoms with Crippen LogP contribution < -0.4 is 10.6 Å². The first kappa shape index (κ1) is 15.7. The number of hydrogen-bond donors (Lipinski definition) is 2. The summed E-state index contributed by atoms with van der Waals surface area (Å²) in [7, 11) is 1.88. The van der Waals surface area contributed by atoms with Crippen molar-refractivity contribution in [2.75, 3.05) is 18.9 Å². The zero-order valence-corrected chi connectivity index (χ0v) is 12.7. The smallest absolute Gasteiger partial charge is 0.229 e. The topological polar surface area (TPSA) is 41.1 Å². The van der Waals surface area contributed by atoms with Crippen LogP contribution in [0, 0.1) is 18.8 Å². The maximum Gasteiger partial charge on any atom is 0.229 e. The largest absolute Gasteiger partial charge is 0.325 e. The highest BCUT2D eigenvalue weighted by atomic mass is 16.1. The molecule has 0 aliphatic rings. The highest BCUT2D eigenvalue weighted by Gasteiger charge is 2.22. The molecule has 0 aliphatic heterocycles. The van der Waals surface area contributed by atoms with E-state index in [1.165, 1.54) is 5.56 Å². The van der Waals surface area contributed by atoms with Crippen LogP contribution in [-0.2, 0) is 11.2 Å². The summed E-state index contributed by atoms with van der Waals surface area (Å²) >= 11 is 0. The first-order chi connectivity index (χ1) is 9.01. The third kappa shape index (κ3) is 4.06. The second-order valence-corrected chi connectivity index (χ2v) is 5.36. The summed E-state index contributed by atoms with van der Waals surface area (Å²) in [5.41, 5.74) is 3.30. The molecule has 3 nitrogen and oxygen atoms in total. The van der Waals surface area contributed by atoms with E-state index in [1.54, 1.807) is 0 Å². The number of para-hydroxylation sites is 1. The van der Waals surface area contributed by atoms with Crippen LogP contribution >= 0.6 is 0 Å². The lowest BCUT2D eigenvalue weighted by molar-refractivity contribution is -0.120. The Balaban J connectivity index is 2.92. The van der Waals surface area contributed by atoms with Gasteiger partial charge in [-0.05, 0) is 37.4 Å². The quantitative estimate of drug-likeness (QED) is 0.827. The summed E-state index contributed by atoms with van der Waals surface area (Å²) in [6.07, 6.45) is 0.926. The molecule has 0 heterocycles. The van der Waals surface area contributed by atoms with E-state index in [-0.39, 0.29) is 11.8 Å². The van der Waals surface area contributed by atoms with Gasteiger partial charge in [0, 0.05) is 12.2 Å². The minimum absolute atomic E-state index is 0.00527. The van der Waals surface area contributed by atoms with Crippen molar-refractivity contribution in [1.82, 2.24) is 5.32 Å². The molecule has 1 atom stereocenters. The van der Waals surface area contributed by atoms with E-state index in [2.05, 4.69) is 37.5 Å². The van der Waals surface area contributed by atoms with Crippen molar-refractivity contribution in [3.8, 4) is 0 Å². The Hall–Kier alpha value is -1.35. The van der Waals surface area contributed by atoms with Crippen LogP contribution in [0.2, 0.25) is 0 Å². The van der Waals surface area contributed by atoms with E-state index >= 15 is 0 Å². The highest BCUT2D eigenvalue weighted by molar-refractivity contribution is 5.94. The monoisotopic (exact) mass is 262 g/mol. The van der Waals surface area contributed by atoms with Crippen LogP contribution in [0.15, 0.2) is 18.2 Å². The molecular formula is C16H26N2O. The molecule has 0 fully saturated rings. The molecule has 0 aliphatic carbocycles. The first-order valence-electron chi connectivity index (χ1n) is 7.05. The predicted octanol–water partition coefficient (Wildman–Crippen LogP) is 2.99.